The van der Waals surface area contributed by atoms with Gasteiger partial charge in [0.05, 0.1) is 47.8 Å². The molecule has 0 spiro atoms. The van der Waals surface area contributed by atoms with Crippen molar-refractivity contribution in [3.05, 3.63) is 22.4 Å². The molecule has 4 N–H and O–H groups in total. The van der Waals surface area contributed by atoms with Crippen molar-refractivity contribution in [2.24, 2.45) is 28.8 Å². The molecule has 18 atom stereocenters. The summed E-state index contributed by atoms with van der Waals surface area (Å²) in [6.45, 7) is 18.8. The molecule has 62 heavy (non-hydrogen) atoms. The molecule has 1 aromatic rings. The molecule has 16 nitrogen and oxygen atoms in total. The molecule has 3 aliphatic heterocycles. The predicted molar refractivity (Wildman–Crippen MR) is 232 cm³/mol. The minimum absolute atomic E-state index is 0.00463. The number of cyclic esters (lactones) is 1. The molecule has 0 bridgehead atoms. The van der Waals surface area contributed by atoms with Crippen LogP contribution < -0.4 is 0 Å². The molecule has 1 aromatic heterocycles. The van der Waals surface area contributed by atoms with Crippen molar-refractivity contribution < 1.29 is 68.0 Å². The van der Waals surface area contributed by atoms with Gasteiger partial charge >= 0.3 is 11.9 Å². The molecule has 3 aliphatic rings. The Labute approximate surface area is 372 Å². The van der Waals surface area contributed by atoms with Crippen molar-refractivity contribution in [1.82, 2.24) is 4.90 Å². The average molecular weight is 901 g/mol. The van der Waals surface area contributed by atoms with Crippen LogP contribution >= 0.6 is 11.3 Å². The number of hydrogen-bond acceptors (Lipinski definition) is 17. The van der Waals surface area contributed by atoms with Gasteiger partial charge in [0, 0.05) is 55.5 Å². The molecular weight excluding hydrogens is 825 g/mol. The molecule has 1 unspecified atom stereocenters. The van der Waals surface area contributed by atoms with Crippen molar-refractivity contribution in [2.45, 2.75) is 193 Å². The Morgan fingerprint density at radius 3 is 2.26 bits per heavy atom. The molecule has 4 heterocycles. The van der Waals surface area contributed by atoms with E-state index in [1.807, 2.05) is 50.4 Å². The number of ether oxygens (including phenoxy) is 7. The molecule has 0 amide bonds. The molecule has 0 radical (unpaired) electrons. The lowest BCUT2D eigenvalue weighted by Gasteiger charge is -2.49. The molecule has 3 saturated heterocycles. The van der Waals surface area contributed by atoms with E-state index in [-0.39, 0.29) is 38.0 Å². The van der Waals surface area contributed by atoms with Crippen LogP contribution in [0.4, 0.5) is 0 Å². The van der Waals surface area contributed by atoms with E-state index in [4.69, 9.17) is 38.0 Å². The van der Waals surface area contributed by atoms with Crippen molar-refractivity contribution in [1.29, 1.82) is 0 Å². The molecule has 0 aromatic carbocycles. The number of likely N-dealkylation sites (N-methyl/N-ethyl adjacent to an activating group) is 1. The molecular formula is C45H76N2O14S. The third kappa shape index (κ3) is 12.3. The summed E-state index contributed by atoms with van der Waals surface area (Å²) in [6, 6.07) is 3.63. The number of methoxy groups -OCH3 is 1. The van der Waals surface area contributed by atoms with Gasteiger partial charge in [0.25, 0.3) is 0 Å². The van der Waals surface area contributed by atoms with E-state index in [2.05, 4.69) is 5.16 Å². The van der Waals surface area contributed by atoms with Gasteiger partial charge in [-0.2, -0.15) is 0 Å². The Hall–Kier alpha value is -2.29. The van der Waals surface area contributed by atoms with Crippen LogP contribution in [0, 0.1) is 23.7 Å². The lowest BCUT2D eigenvalue weighted by atomic mass is 9.73. The van der Waals surface area contributed by atoms with Gasteiger partial charge < -0.3 is 63.3 Å². The second kappa shape index (κ2) is 21.8. The lowest BCUT2D eigenvalue weighted by molar-refractivity contribution is -0.318. The second-order valence-electron chi connectivity index (χ2n) is 18.8. The number of nitrogens with zero attached hydrogens (tertiary/aromatic N) is 2. The molecule has 356 valence electrons. The molecule has 3 fully saturated rings. The Balaban J connectivity index is 1.85. The fourth-order valence-electron chi connectivity index (χ4n) is 9.70. The summed E-state index contributed by atoms with van der Waals surface area (Å²) in [5.74, 6) is -4.59. The maximum absolute atomic E-state index is 14.5. The third-order valence-electron chi connectivity index (χ3n) is 13.3. The van der Waals surface area contributed by atoms with Crippen LogP contribution in [0.3, 0.4) is 0 Å². The van der Waals surface area contributed by atoms with Crippen molar-refractivity contribution in [2.75, 3.05) is 27.8 Å². The zero-order chi connectivity index (χ0) is 46.5. The van der Waals surface area contributed by atoms with E-state index in [9.17, 15) is 30.0 Å². The highest BCUT2D eigenvalue weighted by Crippen LogP contribution is 2.41. The minimum Gasteiger partial charge on any atom is -0.459 e. The number of aliphatic hydroxyl groups is 4. The van der Waals surface area contributed by atoms with Gasteiger partial charge in [-0.3, -0.25) is 9.59 Å². The molecule has 4 rings (SSSR count). The van der Waals surface area contributed by atoms with Gasteiger partial charge in [-0.1, -0.05) is 38.9 Å². The quantitative estimate of drug-likeness (QED) is 0.130. The number of aliphatic hydroxyl groups excluding tert-OH is 2. The number of oxime groups is 1. The SMILES string of the molecule is CC[C@H]1OC(=O)[C@H](C)[C@@H](O[C@H]2C[C@@](C)(OC)[C@@H](OC(C)=O)[C@H](C)O2)[C@H](C)[C@@H](O[C@@H]2O[C@H](C)C[C@H](N(C)C)[C@H]2O)C(C)(O)C[C@@H](C)/C(=N\OCCc2cccs2)[C@H](C)[C@@H](O)[C@]1(C)O. The average Bonchev–Trinajstić information content (AvgIpc) is 3.72. The fourth-order valence-corrected chi connectivity index (χ4v) is 10.4. The molecule has 0 saturated carbocycles. The Morgan fingerprint density at radius 1 is 1.00 bits per heavy atom. The first-order chi connectivity index (χ1) is 28.9. The van der Waals surface area contributed by atoms with Crippen LogP contribution in [-0.4, -0.2) is 155 Å². The van der Waals surface area contributed by atoms with E-state index >= 15 is 0 Å². The Bertz CT molecular complexity index is 1610. The summed E-state index contributed by atoms with van der Waals surface area (Å²) in [7, 11) is 5.24. The first kappa shape index (κ1) is 52.3. The fraction of sp³-hybridized carbons (Fsp3) is 0.844. The van der Waals surface area contributed by atoms with E-state index in [0.717, 1.165) is 4.88 Å². The summed E-state index contributed by atoms with van der Waals surface area (Å²) in [6.07, 6.45) is -8.67. The zero-order valence-electron chi connectivity index (χ0n) is 39.3. The topological polar surface area (TPSA) is 204 Å². The zero-order valence-corrected chi connectivity index (χ0v) is 40.1. The van der Waals surface area contributed by atoms with Gasteiger partial charge in [0.15, 0.2) is 18.7 Å². The highest BCUT2D eigenvalue weighted by Gasteiger charge is 2.54. The molecule has 0 aliphatic carbocycles. The monoisotopic (exact) mass is 901 g/mol. The van der Waals surface area contributed by atoms with Crippen LogP contribution in [0.15, 0.2) is 22.7 Å². The summed E-state index contributed by atoms with van der Waals surface area (Å²) in [5.41, 5.74) is -4.40. The molecule has 17 heteroatoms. The normalized spacial score (nSPS) is 43.5. The summed E-state index contributed by atoms with van der Waals surface area (Å²) >= 11 is 1.60. The van der Waals surface area contributed by atoms with Crippen LogP contribution in [-0.2, 0) is 54.0 Å². The predicted octanol–water partition coefficient (Wildman–Crippen LogP) is 4.46. The van der Waals surface area contributed by atoms with E-state index in [1.165, 1.54) is 21.0 Å². The largest absolute Gasteiger partial charge is 0.459 e. The van der Waals surface area contributed by atoms with E-state index in [0.29, 0.717) is 18.6 Å². The van der Waals surface area contributed by atoms with Crippen molar-refractivity contribution in [3.8, 4) is 0 Å². The Morgan fingerprint density at radius 2 is 1.68 bits per heavy atom. The summed E-state index contributed by atoms with van der Waals surface area (Å²) in [5, 5.41) is 55.2. The number of esters is 2. The number of rotatable bonds is 12. The highest BCUT2D eigenvalue weighted by atomic mass is 32.1. The summed E-state index contributed by atoms with van der Waals surface area (Å²) in [4.78, 5) is 35.5. The van der Waals surface area contributed by atoms with E-state index in [1.54, 1.807) is 59.8 Å². The minimum atomic E-state index is -1.96. The highest BCUT2D eigenvalue weighted by molar-refractivity contribution is 7.09. The van der Waals surface area contributed by atoms with Gasteiger partial charge in [-0.15, -0.1) is 11.3 Å². The number of hydrogen-bond donors (Lipinski definition) is 4. The van der Waals surface area contributed by atoms with Gasteiger partial charge in [-0.05, 0) is 86.3 Å². The van der Waals surface area contributed by atoms with Gasteiger partial charge in [0.1, 0.15) is 30.0 Å². The van der Waals surface area contributed by atoms with Crippen LogP contribution in [0.25, 0.3) is 0 Å². The Kier molecular flexibility index (Phi) is 18.4. The number of carbonyl (C=O) groups is 2. The van der Waals surface area contributed by atoms with Crippen molar-refractivity contribution in [3.63, 3.8) is 0 Å². The standard InChI is InChI=1S/C45H76N2O14S/c1-15-33-45(11,53)38(50)26(4)35(46-55-19-18-31-17-16-20-62-31)24(2)22-43(9,52)39(61-42-36(49)32(47(12)13)21-25(3)56-42)27(5)37(28(6)41(51)59-33)60-34-23-44(10,54-14)40(29(7)57-34)58-30(8)48/h16-17,20,24-29,32-34,36-40,42,49-50,52-53H,15,18-19,21-23H2,1-14H3/b46-35+/t24-,25-,26+,27+,28-,29+,32+,33-,34+,36-,37+,38-,39-,40+,42+,43?,44-,45-/m1/s1. The second-order valence-corrected chi connectivity index (χ2v) is 19.9. The third-order valence-corrected chi connectivity index (χ3v) is 14.2. The maximum atomic E-state index is 14.5. The summed E-state index contributed by atoms with van der Waals surface area (Å²) < 4.78 is 43.9. The van der Waals surface area contributed by atoms with Crippen LogP contribution in [0.5, 0.6) is 0 Å². The lowest BCUT2D eigenvalue weighted by Crippen LogP contribution is -2.61. The van der Waals surface area contributed by atoms with Crippen LogP contribution in [0.1, 0.15) is 107 Å². The number of thiophene rings is 1. The first-order valence-corrected chi connectivity index (χ1v) is 23.0. The van der Waals surface area contributed by atoms with Gasteiger partial charge in [0.2, 0.25) is 0 Å². The maximum Gasteiger partial charge on any atom is 0.311 e. The van der Waals surface area contributed by atoms with E-state index < -0.39 is 108 Å². The smallest absolute Gasteiger partial charge is 0.311 e. The van der Waals surface area contributed by atoms with Crippen molar-refractivity contribution >= 4 is 29.0 Å². The number of carbonyl (C=O) groups excluding carboxylic acids is 2. The van der Waals surface area contributed by atoms with Crippen LogP contribution in [0.2, 0.25) is 0 Å². The van der Waals surface area contributed by atoms with Gasteiger partial charge in [-0.25, -0.2) is 0 Å². The first-order valence-electron chi connectivity index (χ1n) is 22.1.